The summed E-state index contributed by atoms with van der Waals surface area (Å²) in [5.41, 5.74) is 2.87. The number of fused-ring (bicyclic) bond motifs is 1. The minimum Gasteiger partial charge on any atom is -0.466 e. The van der Waals surface area contributed by atoms with E-state index in [-0.39, 0.29) is 36.3 Å². The van der Waals surface area contributed by atoms with Crippen LogP contribution in [0, 0.1) is 12.8 Å². The summed E-state index contributed by atoms with van der Waals surface area (Å²) in [6.45, 7) is 5.41. The predicted molar refractivity (Wildman–Crippen MR) is 125 cm³/mol. The highest BCUT2D eigenvalue weighted by atomic mass is 32.1. The molecule has 3 aromatic rings. The summed E-state index contributed by atoms with van der Waals surface area (Å²) < 4.78 is 6.62. The summed E-state index contributed by atoms with van der Waals surface area (Å²) in [5.74, 6) is -0.566. The summed E-state index contributed by atoms with van der Waals surface area (Å²) in [5, 5.41) is 2.55. The number of piperidine rings is 1. The first-order valence-corrected chi connectivity index (χ1v) is 11.8. The summed E-state index contributed by atoms with van der Waals surface area (Å²) in [6.07, 6.45) is 3.22. The molecule has 0 aliphatic carbocycles. The molecule has 3 heterocycles. The maximum atomic E-state index is 13.2. The van der Waals surface area contributed by atoms with Crippen LogP contribution < -0.4 is 5.56 Å². The van der Waals surface area contributed by atoms with Gasteiger partial charge in [-0.3, -0.25) is 19.0 Å². The van der Waals surface area contributed by atoms with Crippen LogP contribution in [0.2, 0.25) is 0 Å². The quantitative estimate of drug-likeness (QED) is 0.533. The molecule has 1 aliphatic rings. The van der Waals surface area contributed by atoms with Gasteiger partial charge in [0.2, 0.25) is 5.91 Å². The van der Waals surface area contributed by atoms with Gasteiger partial charge in [0.15, 0.2) is 0 Å². The van der Waals surface area contributed by atoms with Gasteiger partial charge in [0.05, 0.1) is 24.2 Å². The second kappa shape index (κ2) is 9.65. The van der Waals surface area contributed by atoms with E-state index in [2.05, 4.69) is 4.98 Å². The van der Waals surface area contributed by atoms with Gasteiger partial charge in [-0.15, -0.1) is 11.3 Å². The number of carbonyl (C=O) groups is 2. The van der Waals surface area contributed by atoms with Crippen molar-refractivity contribution in [1.29, 1.82) is 0 Å². The van der Waals surface area contributed by atoms with Gasteiger partial charge in [0.1, 0.15) is 4.83 Å². The number of thiophene rings is 1. The van der Waals surface area contributed by atoms with E-state index >= 15 is 0 Å². The Morgan fingerprint density at radius 3 is 2.78 bits per heavy atom. The second-order valence-electron chi connectivity index (χ2n) is 8.12. The van der Waals surface area contributed by atoms with E-state index in [1.165, 1.54) is 22.2 Å². The highest BCUT2D eigenvalue weighted by Crippen LogP contribution is 2.30. The number of ether oxygens (including phenoxy) is 1. The monoisotopic (exact) mass is 453 g/mol. The Morgan fingerprint density at radius 2 is 2.03 bits per heavy atom. The Morgan fingerprint density at radius 1 is 1.25 bits per heavy atom. The van der Waals surface area contributed by atoms with Crippen molar-refractivity contribution in [3.8, 4) is 11.1 Å². The summed E-state index contributed by atoms with van der Waals surface area (Å²) in [4.78, 5) is 44.9. The number of aromatic nitrogens is 2. The number of esters is 1. The molecule has 1 aliphatic heterocycles. The third-order valence-corrected chi connectivity index (χ3v) is 6.77. The lowest BCUT2D eigenvalue weighted by molar-refractivity contribution is -0.151. The van der Waals surface area contributed by atoms with E-state index in [0.29, 0.717) is 29.9 Å². The average molecular weight is 454 g/mol. The number of benzene rings is 1. The fourth-order valence-electron chi connectivity index (χ4n) is 4.10. The van der Waals surface area contributed by atoms with Crippen LogP contribution in [0.4, 0.5) is 0 Å². The summed E-state index contributed by atoms with van der Waals surface area (Å²) >= 11 is 1.45. The molecule has 32 heavy (non-hydrogen) atoms. The molecule has 0 radical (unpaired) electrons. The zero-order valence-corrected chi connectivity index (χ0v) is 19.2. The van der Waals surface area contributed by atoms with Crippen LogP contribution in [-0.4, -0.2) is 46.0 Å². The third-order valence-electron chi connectivity index (χ3n) is 5.88. The largest absolute Gasteiger partial charge is 0.466 e. The molecule has 1 aromatic carbocycles. The molecular weight excluding hydrogens is 426 g/mol. The van der Waals surface area contributed by atoms with Crippen molar-refractivity contribution in [2.45, 2.75) is 39.7 Å². The maximum Gasteiger partial charge on any atom is 0.310 e. The van der Waals surface area contributed by atoms with Crippen molar-refractivity contribution in [3.05, 3.63) is 51.9 Å². The second-order valence-corrected chi connectivity index (χ2v) is 8.98. The van der Waals surface area contributed by atoms with Crippen LogP contribution in [0.25, 0.3) is 21.3 Å². The van der Waals surface area contributed by atoms with Gasteiger partial charge in [-0.25, -0.2) is 4.98 Å². The first-order valence-electron chi connectivity index (χ1n) is 11.0. The molecule has 1 saturated heterocycles. The number of carbonyl (C=O) groups excluding carboxylic acids is 2. The molecule has 0 spiro atoms. The molecule has 1 amide bonds. The van der Waals surface area contributed by atoms with Gasteiger partial charge in [0, 0.05) is 37.0 Å². The van der Waals surface area contributed by atoms with Crippen molar-refractivity contribution in [1.82, 2.24) is 14.5 Å². The SMILES string of the molecule is CCOC(=O)[C@H]1CCCN(C(=O)CCn2cnc3scc(-c4ccc(C)cc4)c3c2=O)C1. The molecule has 0 N–H and O–H groups in total. The van der Waals surface area contributed by atoms with Crippen LogP contribution in [0.1, 0.15) is 31.7 Å². The smallest absolute Gasteiger partial charge is 0.310 e. The lowest BCUT2D eigenvalue weighted by Gasteiger charge is -2.31. The molecule has 168 valence electrons. The number of hydrogen-bond acceptors (Lipinski definition) is 6. The molecule has 7 nitrogen and oxygen atoms in total. The number of aryl methyl sites for hydroxylation is 2. The topological polar surface area (TPSA) is 81.5 Å². The van der Waals surface area contributed by atoms with Crippen molar-refractivity contribution < 1.29 is 14.3 Å². The van der Waals surface area contributed by atoms with Crippen LogP contribution in [0.5, 0.6) is 0 Å². The van der Waals surface area contributed by atoms with E-state index in [1.54, 1.807) is 11.8 Å². The first-order chi connectivity index (χ1) is 15.5. The Labute approximate surface area is 190 Å². The Bertz CT molecular complexity index is 1180. The van der Waals surface area contributed by atoms with Crippen LogP contribution in [0.3, 0.4) is 0 Å². The van der Waals surface area contributed by atoms with Gasteiger partial charge in [-0.1, -0.05) is 29.8 Å². The lowest BCUT2D eigenvalue weighted by Crippen LogP contribution is -2.43. The Hall–Kier alpha value is -3.00. The Kier molecular flexibility index (Phi) is 6.69. The average Bonchev–Trinajstić information content (AvgIpc) is 3.24. The molecule has 4 rings (SSSR count). The van der Waals surface area contributed by atoms with Gasteiger partial charge < -0.3 is 9.64 Å². The van der Waals surface area contributed by atoms with Crippen LogP contribution in [0.15, 0.2) is 40.8 Å². The standard InChI is InChI=1S/C24H27N3O4S/c1-3-31-24(30)18-5-4-11-26(13-18)20(28)10-12-27-15-25-22-21(23(27)29)19(14-32-22)17-8-6-16(2)7-9-17/h6-9,14-15,18H,3-5,10-13H2,1-2H3/t18-/m0/s1. The number of nitrogens with zero attached hydrogens (tertiary/aromatic N) is 3. The number of hydrogen-bond donors (Lipinski definition) is 0. The fourth-order valence-corrected chi connectivity index (χ4v) is 5.01. The maximum absolute atomic E-state index is 13.2. The highest BCUT2D eigenvalue weighted by molar-refractivity contribution is 7.17. The van der Waals surface area contributed by atoms with Crippen molar-refractivity contribution in [3.63, 3.8) is 0 Å². The Balaban J connectivity index is 1.49. The normalized spacial score (nSPS) is 16.3. The van der Waals surface area contributed by atoms with Crippen molar-refractivity contribution in [2.24, 2.45) is 5.92 Å². The van der Waals surface area contributed by atoms with Gasteiger partial charge in [-0.2, -0.15) is 0 Å². The van der Waals surface area contributed by atoms with Gasteiger partial charge >= 0.3 is 5.97 Å². The minimum atomic E-state index is -0.267. The number of amides is 1. The van der Waals surface area contributed by atoms with Gasteiger partial charge in [-0.05, 0) is 32.3 Å². The van der Waals surface area contributed by atoms with E-state index in [9.17, 15) is 14.4 Å². The van der Waals surface area contributed by atoms with E-state index in [1.807, 2.05) is 36.6 Å². The van der Waals surface area contributed by atoms with Crippen molar-refractivity contribution >= 4 is 33.4 Å². The van der Waals surface area contributed by atoms with Crippen LogP contribution in [-0.2, 0) is 20.9 Å². The van der Waals surface area contributed by atoms with E-state index in [4.69, 9.17) is 4.74 Å². The number of likely N-dealkylation sites (tertiary alicyclic amines) is 1. The minimum absolute atomic E-state index is 0.0601. The number of rotatable bonds is 6. The summed E-state index contributed by atoms with van der Waals surface area (Å²) in [6, 6.07) is 8.06. The molecule has 2 aromatic heterocycles. The molecule has 0 bridgehead atoms. The molecule has 1 fully saturated rings. The predicted octanol–water partition coefficient (Wildman–Crippen LogP) is 3.63. The molecule has 8 heteroatoms. The summed E-state index contributed by atoms with van der Waals surface area (Å²) in [7, 11) is 0. The van der Waals surface area contributed by atoms with Gasteiger partial charge in [0.25, 0.3) is 5.56 Å². The molecular formula is C24H27N3O4S. The first kappa shape index (κ1) is 22.2. The molecule has 0 unspecified atom stereocenters. The molecule has 1 atom stereocenters. The van der Waals surface area contributed by atoms with E-state index in [0.717, 1.165) is 29.5 Å². The zero-order valence-electron chi connectivity index (χ0n) is 18.4. The zero-order chi connectivity index (χ0) is 22.7. The highest BCUT2D eigenvalue weighted by Gasteiger charge is 2.29. The van der Waals surface area contributed by atoms with Crippen molar-refractivity contribution in [2.75, 3.05) is 19.7 Å². The third kappa shape index (κ3) is 4.60. The van der Waals surface area contributed by atoms with E-state index < -0.39 is 0 Å². The molecule has 0 saturated carbocycles. The lowest BCUT2D eigenvalue weighted by atomic mass is 9.98. The van der Waals surface area contributed by atoms with Crippen LogP contribution >= 0.6 is 11.3 Å². The fraction of sp³-hybridized carbons (Fsp3) is 0.417.